The van der Waals surface area contributed by atoms with Crippen molar-refractivity contribution in [2.24, 2.45) is 0 Å². The Balaban J connectivity index is 2.36. The molecular formula is C9H9N3OS2. The number of aryl methyl sites for hydroxylation is 2. The summed E-state index contributed by atoms with van der Waals surface area (Å²) < 4.78 is 3.79. The van der Waals surface area contributed by atoms with Gasteiger partial charge in [0.1, 0.15) is 10.6 Å². The summed E-state index contributed by atoms with van der Waals surface area (Å²) in [6.07, 6.45) is 0.723. The van der Waals surface area contributed by atoms with Gasteiger partial charge in [0.05, 0.1) is 10.7 Å². The van der Waals surface area contributed by atoms with Crippen molar-refractivity contribution in [1.82, 2.24) is 14.6 Å². The van der Waals surface area contributed by atoms with E-state index in [4.69, 9.17) is 0 Å². The van der Waals surface area contributed by atoms with Gasteiger partial charge in [0.2, 0.25) is 5.78 Å². The summed E-state index contributed by atoms with van der Waals surface area (Å²) in [5, 5.41) is 6.58. The van der Waals surface area contributed by atoms with Crippen LogP contribution in [0.25, 0.3) is 0 Å². The number of hydrogen-bond donors (Lipinski definition) is 0. The lowest BCUT2D eigenvalue weighted by molar-refractivity contribution is 0.103. The SMILES string of the molecule is CCc1nnsc1C(=O)c1csc(C)n1. The molecule has 2 aromatic rings. The minimum atomic E-state index is -0.0637. The molecule has 0 aliphatic carbocycles. The van der Waals surface area contributed by atoms with Crippen LogP contribution in [0.15, 0.2) is 5.38 Å². The van der Waals surface area contributed by atoms with Gasteiger partial charge in [0.25, 0.3) is 0 Å². The van der Waals surface area contributed by atoms with Crippen LogP contribution in [0, 0.1) is 6.92 Å². The molecule has 0 unspecified atom stereocenters. The first-order valence-corrected chi connectivity index (χ1v) is 6.15. The molecule has 0 aliphatic heterocycles. The number of rotatable bonds is 3. The van der Waals surface area contributed by atoms with E-state index in [1.807, 2.05) is 13.8 Å². The Morgan fingerprint density at radius 3 is 2.93 bits per heavy atom. The van der Waals surface area contributed by atoms with E-state index in [2.05, 4.69) is 14.6 Å². The maximum atomic E-state index is 12.0. The van der Waals surface area contributed by atoms with Gasteiger partial charge in [-0.15, -0.1) is 16.4 Å². The first kappa shape index (κ1) is 10.4. The smallest absolute Gasteiger partial charge is 0.225 e. The van der Waals surface area contributed by atoms with E-state index >= 15 is 0 Å². The molecule has 2 heterocycles. The third kappa shape index (κ3) is 1.95. The van der Waals surface area contributed by atoms with E-state index in [1.165, 1.54) is 11.3 Å². The van der Waals surface area contributed by atoms with Crippen molar-refractivity contribution in [2.45, 2.75) is 20.3 Å². The minimum Gasteiger partial charge on any atom is -0.286 e. The quantitative estimate of drug-likeness (QED) is 0.770. The molecule has 0 saturated heterocycles. The van der Waals surface area contributed by atoms with Crippen LogP contribution in [-0.4, -0.2) is 20.4 Å². The zero-order chi connectivity index (χ0) is 10.8. The number of carbonyl (C=O) groups excluding carboxylic acids is 1. The highest BCUT2D eigenvalue weighted by Gasteiger charge is 2.18. The van der Waals surface area contributed by atoms with Crippen molar-refractivity contribution in [3.63, 3.8) is 0 Å². The molecule has 0 N–H and O–H groups in total. The molecule has 0 radical (unpaired) electrons. The van der Waals surface area contributed by atoms with Crippen LogP contribution in [0.3, 0.4) is 0 Å². The zero-order valence-electron chi connectivity index (χ0n) is 8.35. The van der Waals surface area contributed by atoms with Gasteiger partial charge in [-0.05, 0) is 24.9 Å². The van der Waals surface area contributed by atoms with Crippen LogP contribution in [0.4, 0.5) is 0 Å². The van der Waals surface area contributed by atoms with E-state index in [-0.39, 0.29) is 5.78 Å². The summed E-state index contributed by atoms with van der Waals surface area (Å²) in [5.41, 5.74) is 1.26. The largest absolute Gasteiger partial charge is 0.286 e. The fraction of sp³-hybridized carbons (Fsp3) is 0.333. The average Bonchev–Trinajstić information content (AvgIpc) is 2.84. The molecule has 0 bridgehead atoms. The van der Waals surface area contributed by atoms with Crippen molar-refractivity contribution in [2.75, 3.05) is 0 Å². The molecule has 0 saturated carbocycles. The molecule has 6 heteroatoms. The van der Waals surface area contributed by atoms with E-state index in [0.29, 0.717) is 10.6 Å². The molecule has 15 heavy (non-hydrogen) atoms. The van der Waals surface area contributed by atoms with Gasteiger partial charge in [-0.3, -0.25) is 4.79 Å². The Labute approximate surface area is 95.2 Å². The third-order valence-electron chi connectivity index (χ3n) is 1.95. The highest BCUT2D eigenvalue weighted by atomic mass is 32.1. The van der Waals surface area contributed by atoms with Gasteiger partial charge < -0.3 is 0 Å². The fourth-order valence-electron chi connectivity index (χ4n) is 1.20. The molecule has 78 valence electrons. The number of carbonyl (C=O) groups is 1. The van der Waals surface area contributed by atoms with Gasteiger partial charge in [-0.1, -0.05) is 11.4 Å². The predicted octanol–water partition coefficient (Wildman–Crippen LogP) is 2.10. The van der Waals surface area contributed by atoms with Crippen LogP contribution in [-0.2, 0) is 6.42 Å². The lowest BCUT2D eigenvalue weighted by Crippen LogP contribution is -2.02. The summed E-state index contributed by atoms with van der Waals surface area (Å²) >= 11 is 2.62. The maximum Gasteiger partial charge on any atom is 0.225 e. The van der Waals surface area contributed by atoms with Crippen molar-refractivity contribution in [3.8, 4) is 0 Å². The van der Waals surface area contributed by atoms with Crippen LogP contribution < -0.4 is 0 Å². The highest BCUT2D eigenvalue weighted by Crippen LogP contribution is 2.18. The van der Waals surface area contributed by atoms with Gasteiger partial charge in [0.15, 0.2) is 0 Å². The van der Waals surface area contributed by atoms with Crippen LogP contribution >= 0.6 is 22.9 Å². The van der Waals surface area contributed by atoms with Crippen LogP contribution in [0.5, 0.6) is 0 Å². The summed E-state index contributed by atoms with van der Waals surface area (Å²) in [5.74, 6) is -0.0637. The molecule has 0 spiro atoms. The van der Waals surface area contributed by atoms with E-state index in [9.17, 15) is 4.79 Å². The lowest BCUT2D eigenvalue weighted by atomic mass is 10.2. The van der Waals surface area contributed by atoms with Crippen molar-refractivity contribution < 1.29 is 4.79 Å². The topological polar surface area (TPSA) is 55.7 Å². The summed E-state index contributed by atoms with van der Waals surface area (Å²) in [4.78, 5) is 16.8. The standard InChI is InChI=1S/C9H9N3OS2/c1-3-6-9(15-12-11-6)8(13)7-4-14-5(2)10-7/h4H,3H2,1-2H3. The highest BCUT2D eigenvalue weighted by molar-refractivity contribution is 7.10. The number of thiazole rings is 1. The molecule has 0 amide bonds. The first-order chi connectivity index (χ1) is 7.22. The third-order valence-corrected chi connectivity index (χ3v) is 3.49. The van der Waals surface area contributed by atoms with Crippen LogP contribution in [0.2, 0.25) is 0 Å². The maximum absolute atomic E-state index is 12.0. The Morgan fingerprint density at radius 2 is 2.33 bits per heavy atom. The average molecular weight is 239 g/mol. The summed E-state index contributed by atoms with van der Waals surface area (Å²) in [7, 11) is 0. The fourth-order valence-corrected chi connectivity index (χ4v) is 2.49. The Hall–Kier alpha value is -1.14. The van der Waals surface area contributed by atoms with Gasteiger partial charge in [-0.25, -0.2) is 4.98 Å². The molecule has 0 aromatic carbocycles. The minimum absolute atomic E-state index is 0.0637. The molecule has 0 fully saturated rings. The molecule has 2 rings (SSSR count). The molecular weight excluding hydrogens is 230 g/mol. The van der Waals surface area contributed by atoms with Crippen molar-refractivity contribution >= 4 is 28.7 Å². The molecule has 2 aromatic heterocycles. The van der Waals surface area contributed by atoms with Gasteiger partial charge in [-0.2, -0.15) is 0 Å². The number of ketones is 1. The second-order valence-electron chi connectivity index (χ2n) is 2.98. The Kier molecular flexibility index (Phi) is 2.88. The first-order valence-electron chi connectivity index (χ1n) is 4.50. The Morgan fingerprint density at radius 1 is 1.53 bits per heavy atom. The second-order valence-corrected chi connectivity index (χ2v) is 4.80. The van der Waals surface area contributed by atoms with Crippen molar-refractivity contribution in [1.29, 1.82) is 0 Å². The summed E-state index contributed by atoms with van der Waals surface area (Å²) in [6, 6.07) is 0. The van der Waals surface area contributed by atoms with Crippen LogP contribution in [0.1, 0.15) is 33.0 Å². The molecule has 4 nitrogen and oxygen atoms in total. The van der Waals surface area contributed by atoms with Crippen molar-refractivity contribution in [3.05, 3.63) is 26.7 Å². The summed E-state index contributed by atoms with van der Waals surface area (Å²) in [6.45, 7) is 3.84. The zero-order valence-corrected chi connectivity index (χ0v) is 9.98. The van der Waals surface area contributed by atoms with E-state index in [1.54, 1.807) is 5.38 Å². The normalized spacial score (nSPS) is 10.5. The van der Waals surface area contributed by atoms with E-state index < -0.39 is 0 Å². The molecule has 0 atom stereocenters. The predicted molar refractivity (Wildman–Crippen MR) is 59.6 cm³/mol. The van der Waals surface area contributed by atoms with Gasteiger partial charge in [0, 0.05) is 5.38 Å². The molecule has 0 aliphatic rings. The van der Waals surface area contributed by atoms with E-state index in [0.717, 1.165) is 28.7 Å². The lowest BCUT2D eigenvalue weighted by Gasteiger charge is -1.93. The number of aromatic nitrogens is 3. The van der Waals surface area contributed by atoms with Gasteiger partial charge >= 0.3 is 0 Å². The second kappa shape index (κ2) is 4.16. The number of nitrogens with zero attached hydrogens (tertiary/aromatic N) is 3. The number of hydrogen-bond acceptors (Lipinski definition) is 6. The monoisotopic (exact) mass is 239 g/mol. The Bertz CT molecular complexity index is 489.